The highest BCUT2D eigenvalue weighted by Gasteiger charge is 2.24. The zero-order chi connectivity index (χ0) is 16.1. The maximum atomic E-state index is 11.9. The van der Waals surface area contributed by atoms with Gasteiger partial charge in [-0.3, -0.25) is 20.4 Å². The van der Waals surface area contributed by atoms with Gasteiger partial charge in [0, 0.05) is 6.61 Å². The summed E-state index contributed by atoms with van der Waals surface area (Å²) in [6.07, 6.45) is 0.295. The number of aryl methyl sites for hydroxylation is 1. The molecule has 1 saturated heterocycles. The maximum Gasteiger partial charge on any atom is 0.279 e. The summed E-state index contributed by atoms with van der Waals surface area (Å²) in [6.45, 7) is 4.15. The van der Waals surface area contributed by atoms with Gasteiger partial charge in [-0.2, -0.15) is 0 Å². The Labute approximate surface area is 137 Å². The number of hydrogen-bond donors (Lipinski definition) is 2. The van der Waals surface area contributed by atoms with Gasteiger partial charge in [-0.05, 0) is 60.3 Å². The van der Waals surface area contributed by atoms with E-state index in [4.69, 9.17) is 9.47 Å². The Balaban J connectivity index is 1.82. The van der Waals surface area contributed by atoms with E-state index in [0.717, 1.165) is 16.5 Å². The fraction of sp³-hybridized carbons (Fsp3) is 0.467. The fourth-order valence-electron chi connectivity index (χ4n) is 2.04. The van der Waals surface area contributed by atoms with E-state index in [2.05, 4.69) is 26.8 Å². The summed E-state index contributed by atoms with van der Waals surface area (Å²) in [4.78, 5) is 23.7. The number of nitrogens with one attached hydrogen (secondary N) is 2. The minimum atomic E-state index is -0.746. The number of hydrazine groups is 1. The van der Waals surface area contributed by atoms with Gasteiger partial charge in [0.05, 0.1) is 4.47 Å². The summed E-state index contributed by atoms with van der Waals surface area (Å²) in [7, 11) is 0. The van der Waals surface area contributed by atoms with Crippen LogP contribution in [-0.4, -0.2) is 30.6 Å². The van der Waals surface area contributed by atoms with E-state index in [1.54, 1.807) is 13.0 Å². The molecule has 2 amide bonds. The highest BCUT2D eigenvalue weighted by molar-refractivity contribution is 9.10. The Kier molecular flexibility index (Phi) is 5.79. The van der Waals surface area contributed by atoms with Gasteiger partial charge >= 0.3 is 0 Å². The molecule has 0 spiro atoms. The normalized spacial score (nSPS) is 18.6. The molecule has 1 aliphatic heterocycles. The lowest BCUT2D eigenvalue weighted by atomic mass is 10.2. The van der Waals surface area contributed by atoms with E-state index in [9.17, 15) is 9.59 Å². The van der Waals surface area contributed by atoms with Crippen molar-refractivity contribution in [1.82, 2.24) is 10.9 Å². The molecular weight excluding hydrogens is 352 g/mol. The maximum absolute atomic E-state index is 11.9. The lowest BCUT2D eigenvalue weighted by molar-refractivity contribution is -0.137. The number of hydrogen-bond acceptors (Lipinski definition) is 4. The third-order valence-corrected chi connectivity index (χ3v) is 3.91. The Bertz CT molecular complexity index is 558. The molecule has 6 nitrogen and oxygen atoms in total. The number of carbonyl (C=O) groups excluding carboxylic acids is 2. The minimum absolute atomic E-state index is 0.338. The molecule has 2 atom stereocenters. The van der Waals surface area contributed by atoms with Gasteiger partial charge in [-0.25, -0.2) is 0 Å². The summed E-state index contributed by atoms with van der Waals surface area (Å²) in [5.41, 5.74) is 5.79. The molecule has 2 N–H and O–H groups in total. The minimum Gasteiger partial charge on any atom is -0.480 e. The largest absolute Gasteiger partial charge is 0.480 e. The monoisotopic (exact) mass is 370 g/mol. The number of halogens is 1. The average molecular weight is 371 g/mol. The average Bonchev–Trinajstić information content (AvgIpc) is 3.01. The Morgan fingerprint density at radius 1 is 1.41 bits per heavy atom. The molecule has 1 aromatic carbocycles. The van der Waals surface area contributed by atoms with Crippen molar-refractivity contribution in [1.29, 1.82) is 0 Å². The summed E-state index contributed by atoms with van der Waals surface area (Å²) in [5, 5.41) is 0. The van der Waals surface area contributed by atoms with Crippen LogP contribution in [0.3, 0.4) is 0 Å². The molecule has 1 aliphatic rings. The number of amides is 2. The first-order chi connectivity index (χ1) is 10.5. The van der Waals surface area contributed by atoms with Crippen molar-refractivity contribution < 1.29 is 19.1 Å². The Morgan fingerprint density at radius 2 is 2.18 bits per heavy atom. The molecule has 1 fully saturated rings. The van der Waals surface area contributed by atoms with Crippen LogP contribution in [0.25, 0.3) is 0 Å². The summed E-state index contributed by atoms with van der Waals surface area (Å²) in [6, 6.07) is 5.58. The Morgan fingerprint density at radius 3 is 2.82 bits per heavy atom. The number of ether oxygens (including phenoxy) is 2. The fourth-order valence-corrected chi connectivity index (χ4v) is 2.62. The van der Waals surface area contributed by atoms with Gasteiger partial charge in [0.2, 0.25) is 0 Å². The van der Waals surface area contributed by atoms with Crippen LogP contribution in [-0.2, 0) is 14.3 Å². The van der Waals surface area contributed by atoms with Crippen molar-refractivity contribution >= 4 is 27.7 Å². The van der Waals surface area contributed by atoms with Crippen LogP contribution < -0.4 is 15.6 Å². The second-order valence-corrected chi connectivity index (χ2v) is 6.03. The quantitative estimate of drug-likeness (QED) is 0.793. The van der Waals surface area contributed by atoms with E-state index in [1.165, 1.54) is 0 Å². The first-order valence-electron chi connectivity index (χ1n) is 7.11. The van der Waals surface area contributed by atoms with Crippen LogP contribution in [0.5, 0.6) is 5.75 Å². The zero-order valence-corrected chi connectivity index (χ0v) is 14.1. The summed E-state index contributed by atoms with van der Waals surface area (Å²) in [5.74, 6) is -0.202. The molecule has 0 saturated carbocycles. The van der Waals surface area contributed by atoms with Gasteiger partial charge in [0.1, 0.15) is 11.9 Å². The van der Waals surface area contributed by atoms with E-state index in [-0.39, 0.29) is 5.91 Å². The highest BCUT2D eigenvalue weighted by atomic mass is 79.9. The first-order valence-corrected chi connectivity index (χ1v) is 7.91. The van der Waals surface area contributed by atoms with Crippen molar-refractivity contribution in [3.8, 4) is 5.75 Å². The van der Waals surface area contributed by atoms with Crippen LogP contribution in [0.2, 0.25) is 0 Å². The molecule has 1 aromatic rings. The summed E-state index contributed by atoms with van der Waals surface area (Å²) >= 11 is 3.39. The first kappa shape index (κ1) is 16.8. The SMILES string of the molecule is Cc1ccc(OC(C)C(=O)NNC(=O)C2CCCO2)c(Br)c1. The predicted octanol–water partition coefficient (Wildman–Crippen LogP) is 1.85. The van der Waals surface area contributed by atoms with E-state index < -0.39 is 18.1 Å². The number of rotatable bonds is 4. The van der Waals surface area contributed by atoms with Crippen LogP contribution in [0.1, 0.15) is 25.3 Å². The van der Waals surface area contributed by atoms with Gasteiger partial charge in [0.15, 0.2) is 6.10 Å². The molecule has 1 heterocycles. The molecule has 22 heavy (non-hydrogen) atoms. The number of benzene rings is 1. The van der Waals surface area contributed by atoms with Gasteiger partial charge in [-0.1, -0.05) is 6.07 Å². The second kappa shape index (κ2) is 7.60. The van der Waals surface area contributed by atoms with E-state index in [0.29, 0.717) is 18.8 Å². The van der Waals surface area contributed by atoms with Crippen LogP contribution in [0.15, 0.2) is 22.7 Å². The van der Waals surface area contributed by atoms with E-state index >= 15 is 0 Å². The second-order valence-electron chi connectivity index (χ2n) is 5.17. The third kappa shape index (κ3) is 4.45. The van der Waals surface area contributed by atoms with Crippen molar-refractivity contribution in [3.05, 3.63) is 28.2 Å². The summed E-state index contributed by atoms with van der Waals surface area (Å²) < 4.78 is 11.6. The molecule has 0 aromatic heterocycles. The molecule has 120 valence electrons. The molecule has 0 aliphatic carbocycles. The van der Waals surface area contributed by atoms with E-state index in [1.807, 2.05) is 19.1 Å². The smallest absolute Gasteiger partial charge is 0.279 e. The van der Waals surface area contributed by atoms with Crippen molar-refractivity contribution in [3.63, 3.8) is 0 Å². The predicted molar refractivity (Wildman–Crippen MR) is 84.2 cm³/mol. The molecule has 2 rings (SSSR count). The van der Waals surface area contributed by atoms with Crippen LogP contribution in [0, 0.1) is 6.92 Å². The molecule has 2 unspecified atom stereocenters. The Hall–Kier alpha value is -1.60. The molecule has 0 bridgehead atoms. The van der Waals surface area contributed by atoms with Crippen molar-refractivity contribution in [2.45, 2.75) is 38.9 Å². The molecular formula is C15H19BrN2O4. The highest BCUT2D eigenvalue weighted by Crippen LogP contribution is 2.26. The van der Waals surface area contributed by atoms with Gasteiger partial charge in [-0.15, -0.1) is 0 Å². The third-order valence-electron chi connectivity index (χ3n) is 3.29. The van der Waals surface area contributed by atoms with Crippen LogP contribution >= 0.6 is 15.9 Å². The number of carbonyl (C=O) groups is 2. The van der Waals surface area contributed by atoms with Crippen molar-refractivity contribution in [2.24, 2.45) is 0 Å². The topological polar surface area (TPSA) is 76.7 Å². The lowest BCUT2D eigenvalue weighted by Gasteiger charge is -2.17. The standard InChI is InChI=1S/C15H19BrN2O4/c1-9-5-6-12(11(16)8-9)22-10(2)14(19)17-18-15(20)13-4-3-7-21-13/h5-6,8,10,13H,3-4,7H2,1-2H3,(H,17,19)(H,18,20). The molecule has 7 heteroatoms. The lowest BCUT2D eigenvalue weighted by Crippen LogP contribution is -2.50. The molecule has 0 radical (unpaired) electrons. The van der Waals surface area contributed by atoms with Gasteiger partial charge in [0.25, 0.3) is 11.8 Å². The van der Waals surface area contributed by atoms with Gasteiger partial charge < -0.3 is 9.47 Å². The zero-order valence-electron chi connectivity index (χ0n) is 12.5. The van der Waals surface area contributed by atoms with Crippen LogP contribution in [0.4, 0.5) is 0 Å². The van der Waals surface area contributed by atoms with Crippen molar-refractivity contribution in [2.75, 3.05) is 6.61 Å².